The topological polar surface area (TPSA) is 46.9 Å². The van der Waals surface area contributed by atoms with E-state index in [0.29, 0.717) is 18.7 Å². The van der Waals surface area contributed by atoms with Crippen molar-refractivity contribution < 1.29 is 14.4 Å². The molecule has 0 aliphatic rings. The summed E-state index contributed by atoms with van der Waals surface area (Å²) < 4.78 is 6.62. The molecule has 148 valence electrons. The van der Waals surface area contributed by atoms with Crippen molar-refractivity contribution in [1.82, 2.24) is 4.98 Å². The molecule has 0 bridgehead atoms. The van der Waals surface area contributed by atoms with Gasteiger partial charge >= 0.3 is 0 Å². The minimum absolute atomic E-state index is 0.0127. The van der Waals surface area contributed by atoms with Crippen LogP contribution in [0.5, 0.6) is 5.75 Å². The number of anilines is 1. The summed E-state index contributed by atoms with van der Waals surface area (Å²) in [4.78, 5) is 22.2. The zero-order chi connectivity index (χ0) is 20.1. The van der Waals surface area contributed by atoms with E-state index in [4.69, 9.17) is 9.72 Å². The SMILES string of the molecule is CCOc1ccc2nc(N(CC[NH+](C)C)C(=O)c3cccc(SC)c3)sc2c1. The van der Waals surface area contributed by atoms with Crippen LogP contribution in [0.15, 0.2) is 47.4 Å². The van der Waals surface area contributed by atoms with Gasteiger partial charge in [0.2, 0.25) is 0 Å². The van der Waals surface area contributed by atoms with Gasteiger partial charge in [0.15, 0.2) is 5.13 Å². The highest BCUT2D eigenvalue weighted by atomic mass is 32.2. The fraction of sp³-hybridized carbons (Fsp3) is 0.333. The van der Waals surface area contributed by atoms with Gasteiger partial charge in [0.05, 0.1) is 44.0 Å². The van der Waals surface area contributed by atoms with E-state index in [1.54, 1.807) is 16.7 Å². The Balaban J connectivity index is 1.96. The first-order valence-electron chi connectivity index (χ1n) is 9.30. The van der Waals surface area contributed by atoms with Gasteiger partial charge in [-0.05, 0) is 49.6 Å². The minimum Gasteiger partial charge on any atom is -0.494 e. The van der Waals surface area contributed by atoms with Crippen molar-refractivity contribution in [3.63, 3.8) is 0 Å². The molecule has 0 aliphatic carbocycles. The number of thiazole rings is 1. The van der Waals surface area contributed by atoms with Crippen LogP contribution in [0, 0.1) is 0 Å². The molecule has 3 aromatic rings. The predicted octanol–water partition coefficient (Wildman–Crippen LogP) is 3.21. The molecule has 5 nitrogen and oxygen atoms in total. The van der Waals surface area contributed by atoms with E-state index in [0.717, 1.165) is 32.5 Å². The molecule has 0 fully saturated rings. The van der Waals surface area contributed by atoms with Crippen LogP contribution < -0.4 is 14.5 Å². The average Bonchev–Trinajstić information content (AvgIpc) is 3.11. The Morgan fingerprint density at radius 1 is 1.25 bits per heavy atom. The molecule has 1 N–H and O–H groups in total. The quantitative estimate of drug-likeness (QED) is 0.573. The highest BCUT2D eigenvalue weighted by Crippen LogP contribution is 2.32. The summed E-state index contributed by atoms with van der Waals surface area (Å²) in [7, 11) is 4.17. The van der Waals surface area contributed by atoms with E-state index in [1.807, 2.05) is 55.6 Å². The van der Waals surface area contributed by atoms with Crippen LogP contribution >= 0.6 is 23.1 Å². The molecular weight excluding hydrogens is 390 g/mol. The second kappa shape index (κ2) is 9.41. The lowest BCUT2D eigenvalue weighted by atomic mass is 10.2. The standard InChI is InChI=1S/C21H25N3O2S2/c1-5-26-16-9-10-18-19(14-16)28-21(22-18)24(12-11-23(2)3)20(25)15-7-6-8-17(13-15)27-4/h6-10,13-14H,5,11-12H2,1-4H3/p+1. The van der Waals surface area contributed by atoms with Gasteiger partial charge in [0.25, 0.3) is 5.91 Å². The molecule has 1 aromatic heterocycles. The number of amides is 1. The molecule has 7 heteroatoms. The van der Waals surface area contributed by atoms with Crippen molar-refractivity contribution in [1.29, 1.82) is 0 Å². The summed E-state index contributed by atoms with van der Waals surface area (Å²) in [6.07, 6.45) is 2.01. The van der Waals surface area contributed by atoms with Gasteiger partial charge in [-0.15, -0.1) is 11.8 Å². The minimum atomic E-state index is -0.0127. The van der Waals surface area contributed by atoms with Crippen molar-refractivity contribution in [2.75, 3.05) is 44.9 Å². The number of carbonyl (C=O) groups is 1. The summed E-state index contributed by atoms with van der Waals surface area (Å²) in [5, 5.41) is 0.726. The zero-order valence-corrected chi connectivity index (χ0v) is 18.3. The Bertz CT molecular complexity index is 956. The Labute approximate surface area is 174 Å². The van der Waals surface area contributed by atoms with E-state index < -0.39 is 0 Å². The van der Waals surface area contributed by atoms with Crippen molar-refractivity contribution >= 4 is 44.4 Å². The molecule has 0 aliphatic heterocycles. The molecule has 0 spiro atoms. The monoisotopic (exact) mass is 416 g/mol. The normalized spacial score (nSPS) is 11.2. The first-order chi connectivity index (χ1) is 13.5. The lowest BCUT2D eigenvalue weighted by Crippen LogP contribution is -3.06. The Hall–Kier alpha value is -2.09. The summed E-state index contributed by atoms with van der Waals surface area (Å²) in [6, 6.07) is 13.6. The van der Waals surface area contributed by atoms with Crippen LogP contribution in [0.1, 0.15) is 17.3 Å². The number of thioether (sulfide) groups is 1. The molecule has 28 heavy (non-hydrogen) atoms. The zero-order valence-electron chi connectivity index (χ0n) is 16.7. The lowest BCUT2D eigenvalue weighted by Gasteiger charge is -2.21. The smallest absolute Gasteiger partial charge is 0.260 e. The number of nitrogens with zero attached hydrogens (tertiary/aromatic N) is 2. The molecule has 0 saturated heterocycles. The number of aromatic nitrogens is 1. The van der Waals surface area contributed by atoms with Crippen molar-refractivity contribution in [3.05, 3.63) is 48.0 Å². The molecular formula is C21H26N3O2S2+. The maximum Gasteiger partial charge on any atom is 0.260 e. The predicted molar refractivity (Wildman–Crippen MR) is 118 cm³/mol. The molecule has 2 aromatic carbocycles. The summed E-state index contributed by atoms with van der Waals surface area (Å²) in [5.41, 5.74) is 1.58. The molecule has 0 radical (unpaired) electrons. The highest BCUT2D eigenvalue weighted by molar-refractivity contribution is 7.98. The van der Waals surface area contributed by atoms with Crippen molar-refractivity contribution in [2.24, 2.45) is 0 Å². The van der Waals surface area contributed by atoms with Crippen LogP contribution in [-0.4, -0.2) is 50.9 Å². The van der Waals surface area contributed by atoms with E-state index in [1.165, 1.54) is 16.2 Å². The van der Waals surface area contributed by atoms with Gasteiger partial charge in [-0.25, -0.2) is 4.98 Å². The number of nitrogens with one attached hydrogen (secondary N) is 1. The number of hydrogen-bond donors (Lipinski definition) is 1. The molecule has 0 atom stereocenters. The molecule has 0 saturated carbocycles. The fourth-order valence-corrected chi connectivity index (χ4v) is 4.27. The van der Waals surface area contributed by atoms with Gasteiger partial charge in [-0.3, -0.25) is 9.69 Å². The molecule has 1 heterocycles. The van der Waals surface area contributed by atoms with Gasteiger partial charge in [0.1, 0.15) is 5.75 Å². The third kappa shape index (κ3) is 4.84. The first kappa shape index (κ1) is 20.6. The fourth-order valence-electron chi connectivity index (χ4n) is 2.80. The van der Waals surface area contributed by atoms with Crippen molar-refractivity contribution in [2.45, 2.75) is 11.8 Å². The Kier molecular flexibility index (Phi) is 6.93. The molecule has 1 amide bonds. The van der Waals surface area contributed by atoms with Crippen LogP contribution in [0.2, 0.25) is 0 Å². The Morgan fingerprint density at radius 2 is 2.07 bits per heavy atom. The second-order valence-electron chi connectivity index (χ2n) is 6.70. The number of hydrogen-bond acceptors (Lipinski definition) is 5. The highest BCUT2D eigenvalue weighted by Gasteiger charge is 2.22. The number of likely N-dealkylation sites (N-methyl/N-ethyl adjacent to an activating group) is 1. The summed E-state index contributed by atoms with van der Waals surface area (Å²) >= 11 is 3.16. The first-order valence-corrected chi connectivity index (χ1v) is 11.3. The lowest BCUT2D eigenvalue weighted by molar-refractivity contribution is -0.856. The average molecular weight is 417 g/mol. The largest absolute Gasteiger partial charge is 0.494 e. The maximum absolute atomic E-state index is 13.3. The van der Waals surface area contributed by atoms with E-state index >= 15 is 0 Å². The van der Waals surface area contributed by atoms with Gasteiger partial charge < -0.3 is 9.64 Å². The summed E-state index contributed by atoms with van der Waals surface area (Å²) in [6.45, 7) is 4.05. The Morgan fingerprint density at radius 3 is 2.79 bits per heavy atom. The van der Waals surface area contributed by atoms with Gasteiger partial charge in [-0.1, -0.05) is 17.4 Å². The van der Waals surface area contributed by atoms with Gasteiger partial charge in [-0.2, -0.15) is 0 Å². The van der Waals surface area contributed by atoms with Crippen LogP contribution in [0.4, 0.5) is 5.13 Å². The number of carbonyl (C=O) groups excluding carboxylic acids is 1. The van der Waals surface area contributed by atoms with Crippen molar-refractivity contribution in [3.8, 4) is 5.75 Å². The van der Waals surface area contributed by atoms with Gasteiger partial charge in [0, 0.05) is 10.5 Å². The summed E-state index contributed by atoms with van der Waals surface area (Å²) in [5.74, 6) is 0.815. The second-order valence-corrected chi connectivity index (χ2v) is 8.59. The van der Waals surface area contributed by atoms with E-state index in [2.05, 4.69) is 14.1 Å². The number of ether oxygens (including phenoxy) is 1. The van der Waals surface area contributed by atoms with Crippen LogP contribution in [0.3, 0.4) is 0 Å². The van der Waals surface area contributed by atoms with Crippen LogP contribution in [0.25, 0.3) is 10.2 Å². The number of quaternary nitrogens is 1. The molecule has 0 unspecified atom stereocenters. The van der Waals surface area contributed by atoms with Crippen LogP contribution in [-0.2, 0) is 0 Å². The number of rotatable bonds is 8. The van der Waals surface area contributed by atoms with E-state index in [-0.39, 0.29) is 5.91 Å². The number of benzene rings is 2. The maximum atomic E-state index is 13.3. The third-order valence-electron chi connectivity index (χ3n) is 4.29. The third-order valence-corrected chi connectivity index (χ3v) is 6.05. The molecule has 3 rings (SSSR count). The number of fused-ring (bicyclic) bond motifs is 1. The van der Waals surface area contributed by atoms with E-state index in [9.17, 15) is 4.79 Å².